The van der Waals surface area contributed by atoms with Gasteiger partial charge in [0.25, 0.3) is 0 Å². The summed E-state index contributed by atoms with van der Waals surface area (Å²) < 4.78 is 5.49. The summed E-state index contributed by atoms with van der Waals surface area (Å²) >= 11 is 0. The van der Waals surface area contributed by atoms with Crippen LogP contribution in [0.1, 0.15) is 46.0 Å². The van der Waals surface area contributed by atoms with E-state index in [0.717, 1.165) is 32.6 Å². The van der Waals surface area contributed by atoms with Gasteiger partial charge >= 0.3 is 6.03 Å². The van der Waals surface area contributed by atoms with Crippen molar-refractivity contribution in [2.75, 3.05) is 26.3 Å². The molecule has 1 N–H and O–H groups in total. The molecule has 0 aromatic rings. The predicted octanol–water partition coefficient (Wildman–Crippen LogP) is 2.53. The van der Waals surface area contributed by atoms with Crippen LogP contribution >= 0.6 is 0 Å². The molecule has 3 fully saturated rings. The standard InChI is InChI=1S/C17H27N3O2/c1-16(2,10-18)11-19-15(21)20-12-17(6-3-7-17)14(20)13-4-8-22-9-5-13/h13-14H,3-9,11-12H2,1-2H3,(H,19,21)/t14-/m1/s1. The third-order valence-corrected chi connectivity index (χ3v) is 5.76. The van der Waals surface area contributed by atoms with Crippen LogP contribution in [0.5, 0.6) is 0 Å². The summed E-state index contributed by atoms with van der Waals surface area (Å²) in [5.74, 6) is 0.581. The third kappa shape index (κ3) is 2.69. The van der Waals surface area contributed by atoms with Gasteiger partial charge in [0.2, 0.25) is 0 Å². The second kappa shape index (κ2) is 5.73. The molecule has 0 radical (unpaired) electrons. The Hall–Kier alpha value is -1.28. The van der Waals surface area contributed by atoms with Crippen LogP contribution in [0.3, 0.4) is 0 Å². The summed E-state index contributed by atoms with van der Waals surface area (Å²) in [4.78, 5) is 14.6. The van der Waals surface area contributed by atoms with E-state index < -0.39 is 5.41 Å². The molecule has 3 aliphatic rings. The van der Waals surface area contributed by atoms with Crippen molar-refractivity contribution in [3.05, 3.63) is 0 Å². The van der Waals surface area contributed by atoms with Crippen molar-refractivity contribution in [3.63, 3.8) is 0 Å². The topological polar surface area (TPSA) is 65.4 Å². The zero-order chi connectivity index (χ0) is 15.8. The lowest BCUT2D eigenvalue weighted by atomic mass is 9.54. The summed E-state index contributed by atoms with van der Waals surface area (Å²) in [6.07, 6.45) is 5.97. The maximum Gasteiger partial charge on any atom is 0.317 e. The van der Waals surface area contributed by atoms with Crippen LogP contribution in [0.25, 0.3) is 0 Å². The Labute approximate surface area is 133 Å². The SMILES string of the molecule is CC(C)(C#N)CNC(=O)N1CC2(CCC2)[C@H]1C1CCOCC1. The van der Waals surface area contributed by atoms with Crippen LogP contribution in [-0.2, 0) is 4.74 Å². The predicted molar refractivity (Wildman–Crippen MR) is 83.1 cm³/mol. The number of carbonyl (C=O) groups excluding carboxylic acids is 1. The van der Waals surface area contributed by atoms with E-state index in [2.05, 4.69) is 11.4 Å². The largest absolute Gasteiger partial charge is 0.381 e. The van der Waals surface area contributed by atoms with Gasteiger partial charge in [-0.25, -0.2) is 4.79 Å². The molecular weight excluding hydrogens is 278 g/mol. The first-order valence-corrected chi connectivity index (χ1v) is 8.51. The van der Waals surface area contributed by atoms with Gasteiger partial charge in [-0.1, -0.05) is 6.42 Å². The second-order valence-corrected chi connectivity index (χ2v) is 7.89. The van der Waals surface area contributed by atoms with Crippen molar-refractivity contribution in [3.8, 4) is 6.07 Å². The van der Waals surface area contributed by atoms with Gasteiger partial charge in [-0.05, 0) is 45.4 Å². The highest BCUT2D eigenvalue weighted by Crippen LogP contribution is 2.56. The first-order chi connectivity index (χ1) is 10.5. The van der Waals surface area contributed by atoms with Gasteiger partial charge in [0.05, 0.1) is 11.5 Å². The molecule has 22 heavy (non-hydrogen) atoms. The summed E-state index contributed by atoms with van der Waals surface area (Å²) in [5.41, 5.74) is -0.118. The number of amides is 2. The minimum absolute atomic E-state index is 0.0114. The molecule has 5 nitrogen and oxygen atoms in total. The third-order valence-electron chi connectivity index (χ3n) is 5.76. The van der Waals surface area contributed by atoms with Crippen molar-refractivity contribution in [1.82, 2.24) is 10.2 Å². The van der Waals surface area contributed by atoms with Gasteiger partial charge in [0.1, 0.15) is 0 Å². The molecule has 0 aromatic carbocycles. The molecule has 3 rings (SSSR count). The Morgan fingerprint density at radius 3 is 2.64 bits per heavy atom. The van der Waals surface area contributed by atoms with E-state index in [9.17, 15) is 4.79 Å². The molecule has 2 saturated heterocycles. The first-order valence-electron chi connectivity index (χ1n) is 8.51. The maximum absolute atomic E-state index is 12.5. The molecule has 1 saturated carbocycles. The average Bonchev–Trinajstić information content (AvgIpc) is 2.44. The molecule has 0 aromatic heterocycles. The van der Waals surface area contributed by atoms with Gasteiger partial charge < -0.3 is 15.0 Å². The van der Waals surface area contributed by atoms with E-state index >= 15 is 0 Å². The Morgan fingerprint density at radius 1 is 1.41 bits per heavy atom. The minimum Gasteiger partial charge on any atom is -0.381 e. The molecule has 2 amide bonds. The zero-order valence-corrected chi connectivity index (χ0v) is 13.7. The number of ether oxygens (including phenoxy) is 1. The molecular formula is C17H27N3O2. The van der Waals surface area contributed by atoms with E-state index in [1.807, 2.05) is 18.7 Å². The Morgan fingerprint density at radius 2 is 2.09 bits per heavy atom. The maximum atomic E-state index is 12.5. The molecule has 1 atom stereocenters. The number of likely N-dealkylation sites (tertiary alicyclic amines) is 1. The number of hydrogen-bond donors (Lipinski definition) is 1. The van der Waals surface area contributed by atoms with E-state index in [1.54, 1.807) is 0 Å². The molecule has 0 unspecified atom stereocenters. The number of nitriles is 1. The number of nitrogens with one attached hydrogen (secondary N) is 1. The molecule has 0 bridgehead atoms. The van der Waals surface area contributed by atoms with Gasteiger partial charge in [-0.15, -0.1) is 0 Å². The van der Waals surface area contributed by atoms with Gasteiger partial charge in [0, 0.05) is 37.8 Å². The van der Waals surface area contributed by atoms with E-state index in [0.29, 0.717) is 23.9 Å². The van der Waals surface area contributed by atoms with Crippen molar-refractivity contribution in [2.45, 2.75) is 52.0 Å². The van der Waals surface area contributed by atoms with Gasteiger partial charge in [-0.3, -0.25) is 0 Å². The second-order valence-electron chi connectivity index (χ2n) is 7.89. The van der Waals surface area contributed by atoms with E-state index in [-0.39, 0.29) is 6.03 Å². The van der Waals surface area contributed by atoms with Crippen molar-refractivity contribution >= 4 is 6.03 Å². The minimum atomic E-state index is -0.511. The van der Waals surface area contributed by atoms with Crippen LogP contribution in [0.2, 0.25) is 0 Å². The van der Waals surface area contributed by atoms with Crippen LogP contribution in [0.4, 0.5) is 4.79 Å². The number of nitrogens with zero attached hydrogens (tertiary/aromatic N) is 2. The normalized spacial score (nSPS) is 27.7. The quantitative estimate of drug-likeness (QED) is 0.871. The Balaban J connectivity index is 1.63. The van der Waals surface area contributed by atoms with Crippen LogP contribution in [0.15, 0.2) is 0 Å². The lowest BCUT2D eigenvalue weighted by Crippen LogP contribution is -2.73. The van der Waals surface area contributed by atoms with Gasteiger partial charge in [-0.2, -0.15) is 5.26 Å². The molecule has 1 spiro atoms. The fourth-order valence-electron chi connectivity index (χ4n) is 4.26. The number of hydrogen-bond acceptors (Lipinski definition) is 3. The summed E-state index contributed by atoms with van der Waals surface area (Å²) in [6.45, 7) is 6.67. The zero-order valence-electron chi connectivity index (χ0n) is 13.7. The smallest absolute Gasteiger partial charge is 0.317 e. The molecule has 122 valence electrons. The lowest BCUT2D eigenvalue weighted by Gasteiger charge is -2.64. The number of urea groups is 1. The first kappa shape index (κ1) is 15.6. The lowest BCUT2D eigenvalue weighted by molar-refractivity contribution is -0.137. The van der Waals surface area contributed by atoms with Crippen LogP contribution < -0.4 is 5.32 Å². The van der Waals surface area contributed by atoms with E-state index in [1.165, 1.54) is 19.3 Å². The molecule has 5 heteroatoms. The highest BCUT2D eigenvalue weighted by molar-refractivity contribution is 5.76. The highest BCUT2D eigenvalue weighted by atomic mass is 16.5. The average molecular weight is 305 g/mol. The van der Waals surface area contributed by atoms with Crippen molar-refractivity contribution < 1.29 is 9.53 Å². The summed E-state index contributed by atoms with van der Waals surface area (Å²) in [7, 11) is 0. The molecule has 2 aliphatic heterocycles. The van der Waals surface area contributed by atoms with Gasteiger partial charge in [0.15, 0.2) is 0 Å². The monoisotopic (exact) mass is 305 g/mol. The summed E-state index contributed by atoms with van der Waals surface area (Å²) in [6, 6.07) is 2.63. The fourth-order valence-corrected chi connectivity index (χ4v) is 4.26. The highest BCUT2D eigenvalue weighted by Gasteiger charge is 2.59. The number of rotatable bonds is 3. The Bertz CT molecular complexity index is 473. The van der Waals surface area contributed by atoms with Crippen LogP contribution in [0, 0.1) is 28.1 Å². The van der Waals surface area contributed by atoms with Crippen molar-refractivity contribution in [2.24, 2.45) is 16.7 Å². The summed E-state index contributed by atoms with van der Waals surface area (Å²) in [5, 5.41) is 12.0. The van der Waals surface area contributed by atoms with Crippen LogP contribution in [-0.4, -0.2) is 43.3 Å². The molecule has 1 aliphatic carbocycles. The fraction of sp³-hybridized carbons (Fsp3) is 0.882. The molecule has 2 heterocycles. The van der Waals surface area contributed by atoms with Crippen molar-refractivity contribution in [1.29, 1.82) is 5.26 Å². The number of carbonyl (C=O) groups is 1. The van der Waals surface area contributed by atoms with E-state index in [4.69, 9.17) is 10.00 Å². The Kier molecular flexibility index (Phi) is 4.07.